The van der Waals surface area contributed by atoms with Gasteiger partial charge < -0.3 is 0 Å². The zero-order chi connectivity index (χ0) is 16.0. The van der Waals surface area contributed by atoms with E-state index in [4.69, 9.17) is 0 Å². The number of carbonyl (C=O) groups excluding carboxylic acids is 1. The zero-order valence-electron chi connectivity index (χ0n) is 13.6. The van der Waals surface area contributed by atoms with Crippen LogP contribution in [0.25, 0.3) is 21.9 Å². The van der Waals surface area contributed by atoms with Gasteiger partial charge in [-0.25, -0.2) is 0 Å². The van der Waals surface area contributed by atoms with Crippen LogP contribution in [-0.4, -0.2) is 5.78 Å². The Hall–Kier alpha value is -2.41. The Morgan fingerprint density at radius 3 is 2.39 bits per heavy atom. The first kappa shape index (κ1) is 14.2. The molecule has 0 amide bonds. The van der Waals surface area contributed by atoms with Crippen molar-refractivity contribution >= 4 is 16.6 Å². The molecule has 1 heteroatoms. The van der Waals surface area contributed by atoms with Crippen LogP contribution < -0.4 is 0 Å². The van der Waals surface area contributed by atoms with Crippen LogP contribution in [0, 0.1) is 6.92 Å². The predicted octanol–water partition coefficient (Wildman–Crippen LogP) is 5.51. The van der Waals surface area contributed by atoms with Crippen LogP contribution in [0.5, 0.6) is 0 Å². The van der Waals surface area contributed by atoms with E-state index in [-0.39, 0.29) is 5.78 Å². The van der Waals surface area contributed by atoms with Gasteiger partial charge >= 0.3 is 0 Å². The number of hydrogen-bond acceptors (Lipinski definition) is 1. The molecule has 0 atom stereocenters. The largest absolute Gasteiger partial charge is 0.294 e. The van der Waals surface area contributed by atoms with Gasteiger partial charge in [-0.1, -0.05) is 48.5 Å². The molecule has 3 aromatic carbocycles. The van der Waals surface area contributed by atoms with E-state index >= 15 is 0 Å². The lowest BCUT2D eigenvalue weighted by atomic mass is 9.84. The van der Waals surface area contributed by atoms with Crippen molar-refractivity contribution in [1.29, 1.82) is 0 Å². The van der Waals surface area contributed by atoms with Crippen molar-refractivity contribution in [2.75, 3.05) is 0 Å². The maximum absolute atomic E-state index is 12.4. The van der Waals surface area contributed by atoms with Crippen molar-refractivity contribution in [2.45, 2.75) is 33.1 Å². The van der Waals surface area contributed by atoms with Gasteiger partial charge in [-0.05, 0) is 71.7 Å². The Balaban J connectivity index is 2.24. The summed E-state index contributed by atoms with van der Waals surface area (Å²) in [6.07, 6.45) is 3.16. The van der Waals surface area contributed by atoms with Crippen LogP contribution >= 0.6 is 0 Å². The number of aryl methyl sites for hydroxylation is 2. The van der Waals surface area contributed by atoms with Gasteiger partial charge in [0.2, 0.25) is 0 Å². The fourth-order valence-corrected chi connectivity index (χ4v) is 4.15. The number of ketones is 1. The minimum atomic E-state index is 0.184. The Bertz CT molecular complexity index is 934. The number of Topliss-reactive ketones (excluding diaryl/α,β-unsaturated/α-hetero) is 1. The molecule has 4 rings (SSSR count). The number of hydrogen-bond donors (Lipinski definition) is 0. The van der Waals surface area contributed by atoms with Gasteiger partial charge in [-0.15, -0.1) is 0 Å². The maximum atomic E-state index is 12.4. The summed E-state index contributed by atoms with van der Waals surface area (Å²) in [5.41, 5.74) is 7.30. The summed E-state index contributed by atoms with van der Waals surface area (Å²) in [5, 5.41) is 2.48. The fourth-order valence-electron chi connectivity index (χ4n) is 4.15. The summed E-state index contributed by atoms with van der Waals surface area (Å²) in [6.45, 7) is 3.80. The molecule has 3 aromatic rings. The molecule has 0 heterocycles. The molecule has 0 N–H and O–H groups in total. The summed E-state index contributed by atoms with van der Waals surface area (Å²) < 4.78 is 0. The van der Waals surface area contributed by atoms with Gasteiger partial charge in [0.1, 0.15) is 0 Å². The third-order valence-corrected chi connectivity index (χ3v) is 5.09. The van der Waals surface area contributed by atoms with E-state index in [2.05, 4.69) is 55.5 Å². The first-order valence-electron chi connectivity index (χ1n) is 8.32. The molecular weight excluding hydrogens is 280 g/mol. The molecule has 1 aliphatic rings. The predicted molar refractivity (Wildman–Crippen MR) is 96.2 cm³/mol. The second-order valence-corrected chi connectivity index (χ2v) is 6.47. The topological polar surface area (TPSA) is 17.1 Å². The van der Waals surface area contributed by atoms with E-state index in [1.54, 1.807) is 6.92 Å². The second kappa shape index (κ2) is 5.34. The van der Waals surface area contributed by atoms with Gasteiger partial charge in [0.15, 0.2) is 5.78 Å². The van der Waals surface area contributed by atoms with Crippen molar-refractivity contribution in [3.63, 3.8) is 0 Å². The Morgan fingerprint density at radius 2 is 1.61 bits per heavy atom. The second-order valence-electron chi connectivity index (χ2n) is 6.47. The number of benzene rings is 3. The summed E-state index contributed by atoms with van der Waals surface area (Å²) in [5.74, 6) is 0.184. The highest BCUT2D eigenvalue weighted by molar-refractivity contribution is 6.09. The molecular formula is C22H20O. The van der Waals surface area contributed by atoms with Crippen LogP contribution in [0.4, 0.5) is 0 Å². The first-order chi connectivity index (χ1) is 11.2. The monoisotopic (exact) mass is 300 g/mol. The summed E-state index contributed by atoms with van der Waals surface area (Å²) in [4.78, 5) is 12.4. The van der Waals surface area contributed by atoms with Crippen molar-refractivity contribution in [1.82, 2.24) is 0 Å². The molecule has 0 aliphatic heterocycles. The van der Waals surface area contributed by atoms with Crippen molar-refractivity contribution < 1.29 is 4.79 Å². The third-order valence-electron chi connectivity index (χ3n) is 5.09. The number of carbonyl (C=O) groups is 1. The molecule has 0 spiro atoms. The third kappa shape index (κ3) is 2.11. The van der Waals surface area contributed by atoms with Crippen molar-refractivity contribution in [2.24, 2.45) is 0 Å². The molecule has 0 radical (unpaired) electrons. The molecule has 0 bridgehead atoms. The van der Waals surface area contributed by atoms with Crippen LogP contribution in [0.3, 0.4) is 0 Å². The first-order valence-corrected chi connectivity index (χ1v) is 8.32. The van der Waals surface area contributed by atoms with E-state index in [1.165, 1.54) is 33.0 Å². The van der Waals surface area contributed by atoms with E-state index in [0.717, 1.165) is 30.4 Å². The molecule has 23 heavy (non-hydrogen) atoms. The quantitative estimate of drug-likeness (QED) is 0.542. The molecule has 0 unspecified atom stereocenters. The summed E-state index contributed by atoms with van der Waals surface area (Å²) in [7, 11) is 0. The van der Waals surface area contributed by atoms with E-state index < -0.39 is 0 Å². The maximum Gasteiger partial charge on any atom is 0.160 e. The minimum Gasteiger partial charge on any atom is -0.294 e. The van der Waals surface area contributed by atoms with Crippen molar-refractivity contribution in [3.8, 4) is 11.1 Å². The zero-order valence-corrected chi connectivity index (χ0v) is 13.6. The average Bonchev–Trinajstić information content (AvgIpc) is 2.74. The van der Waals surface area contributed by atoms with Crippen molar-refractivity contribution in [3.05, 3.63) is 70.8 Å². The van der Waals surface area contributed by atoms with E-state index in [9.17, 15) is 4.79 Å². The lowest BCUT2D eigenvalue weighted by Crippen LogP contribution is -2.06. The lowest BCUT2D eigenvalue weighted by molar-refractivity contribution is 0.101. The van der Waals surface area contributed by atoms with Gasteiger partial charge in [-0.3, -0.25) is 4.79 Å². The minimum absolute atomic E-state index is 0.184. The van der Waals surface area contributed by atoms with Gasteiger partial charge in [-0.2, -0.15) is 0 Å². The molecule has 114 valence electrons. The molecule has 0 saturated carbocycles. The molecule has 1 aliphatic carbocycles. The molecule has 0 fully saturated rings. The summed E-state index contributed by atoms with van der Waals surface area (Å²) >= 11 is 0. The highest BCUT2D eigenvalue weighted by atomic mass is 16.1. The molecule has 0 aromatic heterocycles. The average molecular weight is 300 g/mol. The van der Waals surface area contributed by atoms with Crippen LogP contribution in [-0.2, 0) is 12.8 Å². The fraction of sp³-hybridized carbons (Fsp3) is 0.227. The highest BCUT2D eigenvalue weighted by Crippen LogP contribution is 2.41. The van der Waals surface area contributed by atoms with E-state index in [0.29, 0.717) is 0 Å². The standard InChI is InChI=1S/C22H20O/c1-14-17-10-5-6-12-19(17)22-18-11-4-3-8-16(18)9-7-13-20(22)21(14)15(2)23/h3-6,8,10-12H,7,9,13H2,1-2H3. The Morgan fingerprint density at radius 1 is 0.913 bits per heavy atom. The van der Waals surface area contributed by atoms with E-state index in [1.807, 2.05) is 0 Å². The number of rotatable bonds is 1. The Kier molecular flexibility index (Phi) is 3.30. The highest BCUT2D eigenvalue weighted by Gasteiger charge is 2.23. The molecule has 1 nitrogen and oxygen atoms in total. The SMILES string of the molecule is CC(=O)c1c2c(c3ccccc3c1C)-c1ccccc1CCC2. The summed E-state index contributed by atoms with van der Waals surface area (Å²) in [6, 6.07) is 17.2. The number of fused-ring (bicyclic) bond motifs is 5. The normalized spacial score (nSPS) is 13.3. The van der Waals surface area contributed by atoms with Gasteiger partial charge in [0.25, 0.3) is 0 Å². The van der Waals surface area contributed by atoms with Crippen LogP contribution in [0.15, 0.2) is 48.5 Å². The van der Waals surface area contributed by atoms with Crippen LogP contribution in [0.2, 0.25) is 0 Å². The Labute approximate surface area is 137 Å². The molecule has 0 saturated heterocycles. The smallest absolute Gasteiger partial charge is 0.160 e. The van der Waals surface area contributed by atoms with Gasteiger partial charge in [0, 0.05) is 5.56 Å². The van der Waals surface area contributed by atoms with Crippen LogP contribution in [0.1, 0.15) is 40.4 Å². The van der Waals surface area contributed by atoms with Gasteiger partial charge in [0.05, 0.1) is 0 Å². The lowest BCUT2D eigenvalue weighted by Gasteiger charge is -2.19.